The largest absolute Gasteiger partial charge is 0.480 e. The van der Waals surface area contributed by atoms with Crippen LogP contribution in [0.3, 0.4) is 0 Å². The highest BCUT2D eigenvalue weighted by atomic mass is 16.4. The first-order chi connectivity index (χ1) is 8.27. The molecule has 0 saturated heterocycles. The van der Waals surface area contributed by atoms with Gasteiger partial charge in [0.05, 0.1) is 0 Å². The fourth-order valence-corrected chi connectivity index (χ4v) is 1.16. The molecular weight excluding hydrogens is 246 g/mol. The molecule has 0 aliphatic carbocycles. The smallest absolute Gasteiger partial charge is 0.414 e. The van der Waals surface area contributed by atoms with E-state index in [9.17, 15) is 4.79 Å². The maximum atomic E-state index is 10.7. The summed E-state index contributed by atoms with van der Waals surface area (Å²) in [5, 5.41) is 32.1. The van der Waals surface area contributed by atoms with E-state index in [1.807, 2.05) is 6.92 Å². The van der Waals surface area contributed by atoms with Gasteiger partial charge in [0, 0.05) is 6.61 Å². The van der Waals surface area contributed by atoms with Gasteiger partial charge in [-0.25, -0.2) is 9.59 Å². The van der Waals surface area contributed by atoms with Gasteiger partial charge >= 0.3 is 17.9 Å². The van der Waals surface area contributed by atoms with Gasteiger partial charge in [-0.05, 0) is 26.4 Å². The molecule has 0 heterocycles. The lowest BCUT2D eigenvalue weighted by atomic mass is 10.2. The van der Waals surface area contributed by atoms with E-state index in [0.29, 0.717) is 6.42 Å². The van der Waals surface area contributed by atoms with Gasteiger partial charge in [-0.1, -0.05) is 6.92 Å². The van der Waals surface area contributed by atoms with Crippen molar-refractivity contribution in [3.63, 3.8) is 0 Å². The van der Waals surface area contributed by atoms with Gasteiger partial charge in [0.25, 0.3) is 0 Å². The Labute approximate surface area is 104 Å². The van der Waals surface area contributed by atoms with Crippen LogP contribution in [0.15, 0.2) is 0 Å². The van der Waals surface area contributed by atoms with Crippen molar-refractivity contribution in [2.75, 3.05) is 20.2 Å². The van der Waals surface area contributed by atoms with Crippen LogP contribution in [-0.4, -0.2) is 69.5 Å². The fraction of sp³-hybridized carbons (Fsp3) is 0.700. The molecule has 1 atom stereocenters. The second kappa shape index (κ2) is 10.5. The fourth-order valence-electron chi connectivity index (χ4n) is 1.16. The highest BCUT2D eigenvalue weighted by Gasteiger charge is 2.20. The van der Waals surface area contributed by atoms with E-state index in [1.165, 1.54) is 0 Å². The number of rotatable bonds is 6. The van der Waals surface area contributed by atoms with Crippen molar-refractivity contribution in [3.05, 3.63) is 0 Å². The van der Waals surface area contributed by atoms with Crippen LogP contribution in [0.1, 0.15) is 19.8 Å². The summed E-state index contributed by atoms with van der Waals surface area (Å²) in [7, 11) is 1.76. The van der Waals surface area contributed by atoms with E-state index >= 15 is 0 Å². The second-order valence-electron chi connectivity index (χ2n) is 3.46. The molecule has 0 aromatic rings. The first-order valence-corrected chi connectivity index (χ1v) is 5.28. The first-order valence-electron chi connectivity index (χ1n) is 5.28. The zero-order valence-electron chi connectivity index (χ0n) is 10.4. The summed E-state index contributed by atoms with van der Waals surface area (Å²) < 4.78 is 0. The van der Waals surface area contributed by atoms with E-state index in [-0.39, 0.29) is 6.61 Å². The summed E-state index contributed by atoms with van der Waals surface area (Å²) in [5.41, 5.74) is 0. The molecule has 0 aliphatic heterocycles. The number of aliphatic hydroxyl groups is 1. The molecule has 0 fully saturated rings. The molecule has 0 aromatic carbocycles. The minimum atomic E-state index is -1.82. The predicted octanol–water partition coefficient (Wildman–Crippen LogP) is -0.681. The van der Waals surface area contributed by atoms with Crippen molar-refractivity contribution in [2.45, 2.75) is 25.8 Å². The van der Waals surface area contributed by atoms with E-state index in [0.717, 1.165) is 13.0 Å². The van der Waals surface area contributed by atoms with Gasteiger partial charge in [-0.2, -0.15) is 0 Å². The third-order valence-corrected chi connectivity index (χ3v) is 1.98. The second-order valence-corrected chi connectivity index (χ2v) is 3.46. The number of carbonyl (C=O) groups is 3. The van der Waals surface area contributed by atoms with Crippen molar-refractivity contribution in [2.24, 2.45) is 0 Å². The molecule has 4 N–H and O–H groups in total. The van der Waals surface area contributed by atoms with Crippen molar-refractivity contribution in [1.29, 1.82) is 0 Å². The lowest BCUT2D eigenvalue weighted by Crippen LogP contribution is -2.39. The first kappa shape index (κ1) is 18.7. The zero-order valence-corrected chi connectivity index (χ0v) is 10.4. The predicted molar refractivity (Wildman–Crippen MR) is 61.3 cm³/mol. The minimum absolute atomic E-state index is 0.0784. The molecule has 1 unspecified atom stereocenters. The molecule has 0 spiro atoms. The third-order valence-electron chi connectivity index (χ3n) is 1.98. The van der Waals surface area contributed by atoms with Crippen LogP contribution in [0.5, 0.6) is 0 Å². The Bertz CT molecular complexity index is 267. The van der Waals surface area contributed by atoms with Crippen molar-refractivity contribution in [3.8, 4) is 0 Å². The minimum Gasteiger partial charge on any atom is -0.480 e. The Morgan fingerprint density at radius 1 is 1.11 bits per heavy atom. The molecule has 8 heteroatoms. The molecule has 0 aromatic heterocycles. The molecule has 0 amide bonds. The summed E-state index contributed by atoms with van der Waals surface area (Å²) in [6, 6.07) is -0.546. The van der Waals surface area contributed by atoms with Crippen LogP contribution in [0.4, 0.5) is 0 Å². The van der Waals surface area contributed by atoms with Gasteiger partial charge in [-0.3, -0.25) is 9.69 Å². The molecule has 0 radical (unpaired) electrons. The number of aliphatic carboxylic acids is 3. The van der Waals surface area contributed by atoms with Crippen LogP contribution in [0.25, 0.3) is 0 Å². The van der Waals surface area contributed by atoms with Gasteiger partial charge in [0.1, 0.15) is 6.04 Å². The van der Waals surface area contributed by atoms with Gasteiger partial charge in [0.15, 0.2) is 0 Å². The highest BCUT2D eigenvalue weighted by molar-refractivity contribution is 6.27. The number of hydrogen-bond acceptors (Lipinski definition) is 5. The Morgan fingerprint density at radius 2 is 1.56 bits per heavy atom. The lowest BCUT2D eigenvalue weighted by Gasteiger charge is -2.22. The average molecular weight is 265 g/mol. The van der Waals surface area contributed by atoms with Crippen LogP contribution in [0, 0.1) is 0 Å². The Kier molecular flexibility index (Phi) is 10.9. The average Bonchev–Trinajstić information content (AvgIpc) is 2.26. The Hall–Kier alpha value is -1.67. The molecule has 0 aliphatic rings. The maximum absolute atomic E-state index is 10.7. The van der Waals surface area contributed by atoms with Gasteiger partial charge < -0.3 is 20.4 Å². The quantitative estimate of drug-likeness (QED) is 0.464. The van der Waals surface area contributed by atoms with Crippen molar-refractivity contribution in [1.82, 2.24) is 4.90 Å². The summed E-state index contributed by atoms with van der Waals surface area (Å²) in [6.45, 7) is 2.66. The van der Waals surface area contributed by atoms with Crippen molar-refractivity contribution < 1.29 is 34.8 Å². The standard InChI is InChI=1S/C8H17NO3.C2H2O4/c1-3-5-9(2)7(4-6-10)8(11)12;3-1(4)2(5)6/h7,10H,3-6H2,1-2H3,(H,11,12);(H,3,4)(H,5,6). The third kappa shape index (κ3) is 9.55. The molecule has 106 valence electrons. The number of hydrogen-bond donors (Lipinski definition) is 4. The number of nitrogens with zero attached hydrogens (tertiary/aromatic N) is 1. The number of likely N-dealkylation sites (N-methyl/N-ethyl adjacent to an activating group) is 1. The van der Waals surface area contributed by atoms with Crippen LogP contribution in [0.2, 0.25) is 0 Å². The molecule has 0 rings (SSSR count). The maximum Gasteiger partial charge on any atom is 0.414 e. The molecule has 18 heavy (non-hydrogen) atoms. The Morgan fingerprint density at radius 3 is 1.78 bits per heavy atom. The number of aliphatic hydroxyl groups excluding tert-OH is 1. The number of carboxylic acid groups (broad SMARTS) is 3. The molecule has 0 bridgehead atoms. The van der Waals surface area contributed by atoms with Crippen molar-refractivity contribution >= 4 is 17.9 Å². The topological polar surface area (TPSA) is 135 Å². The van der Waals surface area contributed by atoms with E-state index in [1.54, 1.807) is 11.9 Å². The van der Waals surface area contributed by atoms with E-state index in [2.05, 4.69) is 0 Å². The van der Waals surface area contributed by atoms with E-state index in [4.69, 9.17) is 30.0 Å². The lowest BCUT2D eigenvalue weighted by molar-refractivity contribution is -0.159. The monoisotopic (exact) mass is 265 g/mol. The summed E-state index contributed by atoms with van der Waals surface area (Å²) in [6.07, 6.45) is 1.22. The molecule has 0 saturated carbocycles. The highest BCUT2D eigenvalue weighted by Crippen LogP contribution is 2.02. The Balaban J connectivity index is 0. The van der Waals surface area contributed by atoms with Crippen LogP contribution in [-0.2, 0) is 14.4 Å². The van der Waals surface area contributed by atoms with E-state index < -0.39 is 23.9 Å². The van der Waals surface area contributed by atoms with Crippen LogP contribution < -0.4 is 0 Å². The SMILES string of the molecule is CCCN(C)C(CCO)C(=O)O.O=C(O)C(=O)O. The van der Waals surface area contributed by atoms with Gasteiger partial charge in [0.2, 0.25) is 0 Å². The molecule has 8 nitrogen and oxygen atoms in total. The van der Waals surface area contributed by atoms with Gasteiger partial charge in [-0.15, -0.1) is 0 Å². The summed E-state index contributed by atoms with van der Waals surface area (Å²) >= 11 is 0. The summed E-state index contributed by atoms with van der Waals surface area (Å²) in [4.78, 5) is 30.6. The zero-order chi connectivity index (χ0) is 14.7. The summed E-state index contributed by atoms with van der Waals surface area (Å²) in [5.74, 6) is -4.51. The normalized spacial score (nSPS) is 11.3. The number of carboxylic acids is 3. The van der Waals surface area contributed by atoms with Crippen LogP contribution >= 0.6 is 0 Å². The molecular formula is C10H19NO7.